The second-order valence-electron chi connectivity index (χ2n) is 4.82. The SMILES string of the molecule is CC(CN)C(=O)N1CCC(c2ccccc2)C1.Cl. The zero-order valence-electron chi connectivity index (χ0n) is 10.7. The highest BCUT2D eigenvalue weighted by Gasteiger charge is 2.28. The standard InChI is InChI=1S/C14H20N2O.ClH/c1-11(9-15)14(17)16-8-7-13(10-16)12-5-3-2-4-6-12;/h2-6,11,13H,7-10,15H2,1H3;1H. The lowest BCUT2D eigenvalue weighted by molar-refractivity contribution is -0.133. The predicted octanol–water partition coefficient (Wildman–Crippen LogP) is 2.02. The Morgan fingerprint density at radius 1 is 1.44 bits per heavy atom. The molecule has 1 aliphatic heterocycles. The fraction of sp³-hybridized carbons (Fsp3) is 0.500. The quantitative estimate of drug-likeness (QED) is 0.912. The van der Waals surface area contributed by atoms with Crippen LogP contribution >= 0.6 is 12.4 Å². The van der Waals surface area contributed by atoms with Crippen LogP contribution in [0.2, 0.25) is 0 Å². The van der Waals surface area contributed by atoms with Gasteiger partial charge in [0.2, 0.25) is 5.91 Å². The summed E-state index contributed by atoms with van der Waals surface area (Å²) in [5.74, 6) is 0.639. The lowest BCUT2D eigenvalue weighted by Crippen LogP contribution is -2.36. The molecule has 4 heteroatoms. The highest BCUT2D eigenvalue weighted by Crippen LogP contribution is 2.27. The topological polar surface area (TPSA) is 46.3 Å². The minimum absolute atomic E-state index is 0. The van der Waals surface area contributed by atoms with Gasteiger partial charge in [0.25, 0.3) is 0 Å². The second-order valence-corrected chi connectivity index (χ2v) is 4.82. The number of likely N-dealkylation sites (tertiary alicyclic amines) is 1. The van der Waals surface area contributed by atoms with Crippen LogP contribution in [0.5, 0.6) is 0 Å². The van der Waals surface area contributed by atoms with Gasteiger partial charge in [-0.3, -0.25) is 4.79 Å². The van der Waals surface area contributed by atoms with E-state index < -0.39 is 0 Å². The zero-order valence-corrected chi connectivity index (χ0v) is 11.5. The average molecular weight is 269 g/mol. The van der Waals surface area contributed by atoms with E-state index in [4.69, 9.17) is 5.73 Å². The third-order valence-corrected chi connectivity index (χ3v) is 3.55. The number of rotatable bonds is 3. The number of nitrogens with zero attached hydrogens (tertiary/aromatic N) is 1. The normalized spacial score (nSPS) is 20.3. The van der Waals surface area contributed by atoms with Crippen molar-refractivity contribution in [3.63, 3.8) is 0 Å². The molecule has 1 aromatic rings. The van der Waals surface area contributed by atoms with Crippen LogP contribution in [-0.4, -0.2) is 30.4 Å². The molecule has 1 saturated heterocycles. The summed E-state index contributed by atoms with van der Waals surface area (Å²) in [6.07, 6.45) is 1.06. The van der Waals surface area contributed by atoms with Gasteiger partial charge in [-0.15, -0.1) is 12.4 Å². The Morgan fingerprint density at radius 2 is 2.11 bits per heavy atom. The summed E-state index contributed by atoms with van der Waals surface area (Å²) in [5, 5.41) is 0. The summed E-state index contributed by atoms with van der Waals surface area (Å²) in [6.45, 7) is 4.04. The minimum atomic E-state index is -0.0514. The fourth-order valence-electron chi connectivity index (χ4n) is 2.37. The number of hydrogen-bond donors (Lipinski definition) is 1. The molecule has 0 aliphatic carbocycles. The van der Waals surface area contributed by atoms with Crippen LogP contribution in [0.3, 0.4) is 0 Å². The summed E-state index contributed by atoms with van der Waals surface area (Å²) in [6, 6.07) is 10.4. The number of carbonyl (C=O) groups is 1. The van der Waals surface area contributed by atoms with E-state index in [1.165, 1.54) is 5.56 Å². The molecular formula is C14H21ClN2O. The number of nitrogens with two attached hydrogens (primary N) is 1. The van der Waals surface area contributed by atoms with Crippen molar-refractivity contribution in [1.82, 2.24) is 4.90 Å². The number of hydrogen-bond acceptors (Lipinski definition) is 2. The van der Waals surface area contributed by atoms with E-state index >= 15 is 0 Å². The van der Waals surface area contributed by atoms with E-state index in [1.54, 1.807) is 0 Å². The molecule has 0 aromatic heterocycles. The van der Waals surface area contributed by atoms with Crippen LogP contribution in [0.25, 0.3) is 0 Å². The third kappa shape index (κ3) is 3.24. The summed E-state index contributed by atoms with van der Waals surface area (Å²) < 4.78 is 0. The Labute approximate surface area is 115 Å². The van der Waals surface area contributed by atoms with Crippen molar-refractivity contribution >= 4 is 18.3 Å². The Hall–Kier alpha value is -1.06. The first kappa shape index (κ1) is 15.0. The first-order valence-electron chi connectivity index (χ1n) is 6.26. The molecule has 0 saturated carbocycles. The van der Waals surface area contributed by atoms with E-state index in [0.29, 0.717) is 12.5 Å². The zero-order chi connectivity index (χ0) is 12.3. The first-order valence-corrected chi connectivity index (χ1v) is 6.26. The molecule has 1 aliphatic rings. The van der Waals surface area contributed by atoms with E-state index in [0.717, 1.165) is 19.5 Å². The Bertz CT molecular complexity index is 383. The van der Waals surface area contributed by atoms with Gasteiger partial charge in [0.05, 0.1) is 0 Å². The monoisotopic (exact) mass is 268 g/mol. The fourth-order valence-corrected chi connectivity index (χ4v) is 2.37. The number of benzene rings is 1. The van der Waals surface area contributed by atoms with Crippen molar-refractivity contribution in [1.29, 1.82) is 0 Å². The molecule has 18 heavy (non-hydrogen) atoms. The van der Waals surface area contributed by atoms with Crippen molar-refractivity contribution in [2.24, 2.45) is 11.7 Å². The van der Waals surface area contributed by atoms with Gasteiger partial charge < -0.3 is 10.6 Å². The Kier molecular flexibility index (Phi) is 5.63. The van der Waals surface area contributed by atoms with Gasteiger partial charge in [-0.05, 0) is 12.0 Å². The molecular weight excluding hydrogens is 248 g/mol. The summed E-state index contributed by atoms with van der Waals surface area (Å²) in [7, 11) is 0. The van der Waals surface area contributed by atoms with Crippen molar-refractivity contribution < 1.29 is 4.79 Å². The highest BCUT2D eigenvalue weighted by molar-refractivity contribution is 5.85. The molecule has 1 fully saturated rings. The first-order chi connectivity index (χ1) is 8.22. The number of halogens is 1. The molecule has 2 rings (SSSR count). The summed E-state index contributed by atoms with van der Waals surface area (Å²) in [4.78, 5) is 14.0. The highest BCUT2D eigenvalue weighted by atomic mass is 35.5. The van der Waals surface area contributed by atoms with Gasteiger partial charge in [-0.1, -0.05) is 37.3 Å². The van der Waals surface area contributed by atoms with Crippen LogP contribution in [0.1, 0.15) is 24.8 Å². The number of carbonyl (C=O) groups excluding carboxylic acids is 1. The number of amides is 1. The molecule has 100 valence electrons. The van der Waals surface area contributed by atoms with Gasteiger partial charge >= 0.3 is 0 Å². The molecule has 2 N–H and O–H groups in total. The van der Waals surface area contributed by atoms with Crippen LogP contribution in [-0.2, 0) is 4.79 Å². The van der Waals surface area contributed by atoms with Gasteiger partial charge in [-0.25, -0.2) is 0 Å². The van der Waals surface area contributed by atoms with E-state index in [-0.39, 0.29) is 24.2 Å². The van der Waals surface area contributed by atoms with E-state index in [2.05, 4.69) is 24.3 Å². The molecule has 0 radical (unpaired) electrons. The van der Waals surface area contributed by atoms with Crippen molar-refractivity contribution in [2.45, 2.75) is 19.3 Å². The molecule has 1 aromatic carbocycles. The van der Waals surface area contributed by atoms with Gasteiger partial charge in [0, 0.05) is 31.5 Å². The smallest absolute Gasteiger partial charge is 0.226 e. The molecule has 0 spiro atoms. The van der Waals surface area contributed by atoms with Gasteiger partial charge in [0.15, 0.2) is 0 Å². The average Bonchev–Trinajstić information content (AvgIpc) is 2.87. The molecule has 1 heterocycles. The maximum Gasteiger partial charge on any atom is 0.226 e. The molecule has 1 amide bonds. The van der Waals surface area contributed by atoms with Crippen molar-refractivity contribution in [3.8, 4) is 0 Å². The van der Waals surface area contributed by atoms with E-state index in [1.807, 2.05) is 17.9 Å². The lowest BCUT2D eigenvalue weighted by atomic mass is 9.99. The summed E-state index contributed by atoms with van der Waals surface area (Å²) >= 11 is 0. The van der Waals surface area contributed by atoms with Crippen LogP contribution in [0, 0.1) is 5.92 Å². The Morgan fingerprint density at radius 3 is 2.72 bits per heavy atom. The lowest BCUT2D eigenvalue weighted by Gasteiger charge is -2.20. The summed E-state index contributed by atoms with van der Waals surface area (Å²) in [5.41, 5.74) is 6.88. The molecule has 0 bridgehead atoms. The second kappa shape index (κ2) is 6.76. The van der Waals surface area contributed by atoms with Gasteiger partial charge in [0.1, 0.15) is 0 Å². The van der Waals surface area contributed by atoms with E-state index in [9.17, 15) is 4.79 Å². The van der Waals surface area contributed by atoms with Crippen LogP contribution in [0.4, 0.5) is 0 Å². The maximum atomic E-state index is 12.0. The molecule has 2 atom stereocenters. The van der Waals surface area contributed by atoms with Crippen LogP contribution in [0.15, 0.2) is 30.3 Å². The molecule has 2 unspecified atom stereocenters. The Balaban J connectivity index is 0.00000162. The third-order valence-electron chi connectivity index (χ3n) is 3.55. The van der Waals surface area contributed by atoms with Crippen LogP contribution < -0.4 is 5.73 Å². The predicted molar refractivity (Wildman–Crippen MR) is 75.8 cm³/mol. The minimum Gasteiger partial charge on any atom is -0.342 e. The van der Waals surface area contributed by atoms with Crippen molar-refractivity contribution in [2.75, 3.05) is 19.6 Å². The van der Waals surface area contributed by atoms with Crippen molar-refractivity contribution in [3.05, 3.63) is 35.9 Å². The molecule has 3 nitrogen and oxygen atoms in total. The largest absolute Gasteiger partial charge is 0.342 e. The maximum absolute atomic E-state index is 12.0. The van der Waals surface area contributed by atoms with Gasteiger partial charge in [-0.2, -0.15) is 0 Å².